The fourth-order valence-electron chi connectivity index (χ4n) is 2.66. The molecule has 1 atom stereocenters. The van der Waals surface area contributed by atoms with E-state index in [9.17, 15) is 4.79 Å². The molecule has 8 nitrogen and oxygen atoms in total. The summed E-state index contributed by atoms with van der Waals surface area (Å²) < 4.78 is 1.93. The summed E-state index contributed by atoms with van der Waals surface area (Å²) in [6, 6.07) is 11.7. The minimum absolute atomic E-state index is 0.0236. The predicted octanol–water partition coefficient (Wildman–Crippen LogP) is 2.46. The van der Waals surface area contributed by atoms with Crippen LogP contribution in [0.2, 0.25) is 0 Å². The van der Waals surface area contributed by atoms with Crippen molar-refractivity contribution in [3.05, 3.63) is 66.1 Å². The number of thiophene rings is 1. The van der Waals surface area contributed by atoms with E-state index >= 15 is 0 Å². The van der Waals surface area contributed by atoms with Crippen LogP contribution in [-0.2, 0) is 11.3 Å². The number of tetrazole rings is 1. The number of nitrogens with zero attached hydrogens (tertiary/aromatic N) is 6. The summed E-state index contributed by atoms with van der Waals surface area (Å²) in [6.07, 6.45) is 5.37. The number of hydrogen-bond donors (Lipinski definition) is 1. The van der Waals surface area contributed by atoms with Crippen molar-refractivity contribution in [2.24, 2.45) is 0 Å². The Labute approximate surface area is 159 Å². The summed E-state index contributed by atoms with van der Waals surface area (Å²) in [6.45, 7) is 1.96. The molecule has 0 fully saturated rings. The van der Waals surface area contributed by atoms with Crippen molar-refractivity contribution in [2.75, 3.05) is 0 Å². The summed E-state index contributed by atoms with van der Waals surface area (Å²) in [4.78, 5) is 18.6. The van der Waals surface area contributed by atoms with Crippen LogP contribution in [0.4, 0.5) is 0 Å². The molecule has 0 aliphatic rings. The number of hydrogen-bond acceptors (Lipinski definition) is 6. The number of carbonyl (C=O) groups is 1. The third-order valence-electron chi connectivity index (χ3n) is 4.05. The first-order chi connectivity index (χ1) is 13.2. The highest BCUT2D eigenvalue weighted by Gasteiger charge is 2.13. The Balaban J connectivity index is 1.36. The highest BCUT2D eigenvalue weighted by molar-refractivity contribution is 7.13. The standard InChI is InChI=1S/C18H17N7OS/c1-13(14-4-6-15(7-5-14)24-9-8-19-12-24)20-17(26)11-25-22-18(21-23-25)16-3-2-10-27-16/h2-10,12-13H,11H2,1H3,(H,20,26). The summed E-state index contributed by atoms with van der Waals surface area (Å²) in [5.74, 6) is 0.359. The van der Waals surface area contributed by atoms with Crippen molar-refractivity contribution in [2.45, 2.75) is 19.5 Å². The van der Waals surface area contributed by atoms with Gasteiger partial charge >= 0.3 is 0 Å². The summed E-state index contributed by atoms with van der Waals surface area (Å²) in [7, 11) is 0. The largest absolute Gasteiger partial charge is 0.348 e. The summed E-state index contributed by atoms with van der Waals surface area (Å²) in [5, 5.41) is 17.1. The van der Waals surface area contributed by atoms with E-state index in [1.807, 2.05) is 59.5 Å². The molecule has 0 saturated heterocycles. The molecule has 9 heteroatoms. The lowest BCUT2D eigenvalue weighted by molar-refractivity contribution is -0.122. The van der Waals surface area contributed by atoms with Gasteiger partial charge in [-0.25, -0.2) is 4.98 Å². The van der Waals surface area contributed by atoms with E-state index in [-0.39, 0.29) is 18.5 Å². The lowest BCUT2D eigenvalue weighted by Crippen LogP contribution is -2.30. The van der Waals surface area contributed by atoms with Crippen LogP contribution in [0.15, 0.2) is 60.5 Å². The molecule has 0 bridgehead atoms. The van der Waals surface area contributed by atoms with Gasteiger partial charge in [-0.1, -0.05) is 18.2 Å². The van der Waals surface area contributed by atoms with Gasteiger partial charge in [0.05, 0.1) is 17.2 Å². The molecule has 3 heterocycles. The number of nitrogens with one attached hydrogen (secondary N) is 1. The van der Waals surface area contributed by atoms with Crippen molar-refractivity contribution in [3.8, 4) is 16.4 Å². The van der Waals surface area contributed by atoms with Gasteiger partial charge in [0.25, 0.3) is 0 Å². The van der Waals surface area contributed by atoms with Gasteiger partial charge in [-0.15, -0.1) is 21.5 Å². The van der Waals surface area contributed by atoms with Gasteiger partial charge in [-0.2, -0.15) is 4.80 Å². The number of aromatic nitrogens is 6. The van der Waals surface area contributed by atoms with Crippen molar-refractivity contribution in [3.63, 3.8) is 0 Å². The van der Waals surface area contributed by atoms with Gasteiger partial charge in [0.1, 0.15) is 6.54 Å². The highest BCUT2D eigenvalue weighted by Crippen LogP contribution is 2.19. The third kappa shape index (κ3) is 3.93. The number of imidazole rings is 1. The molecule has 0 aliphatic carbocycles. The number of rotatable bonds is 6. The van der Waals surface area contributed by atoms with Crippen LogP contribution in [0.5, 0.6) is 0 Å². The Morgan fingerprint density at radius 2 is 2.11 bits per heavy atom. The van der Waals surface area contributed by atoms with Gasteiger partial charge < -0.3 is 9.88 Å². The van der Waals surface area contributed by atoms with Crippen molar-refractivity contribution in [1.82, 2.24) is 35.1 Å². The molecule has 136 valence electrons. The average molecular weight is 379 g/mol. The Morgan fingerprint density at radius 3 is 2.81 bits per heavy atom. The van der Waals surface area contributed by atoms with E-state index in [1.54, 1.807) is 12.5 Å². The first-order valence-corrected chi connectivity index (χ1v) is 9.26. The number of amides is 1. The van der Waals surface area contributed by atoms with Gasteiger partial charge in [-0.05, 0) is 41.3 Å². The van der Waals surface area contributed by atoms with E-state index in [2.05, 4.69) is 25.7 Å². The quantitative estimate of drug-likeness (QED) is 0.556. The molecule has 1 N–H and O–H groups in total. The molecule has 3 aromatic heterocycles. The molecule has 1 amide bonds. The summed E-state index contributed by atoms with van der Waals surface area (Å²) >= 11 is 1.53. The molecular weight excluding hydrogens is 362 g/mol. The lowest BCUT2D eigenvalue weighted by Gasteiger charge is -2.14. The average Bonchev–Trinajstić information content (AvgIpc) is 3.43. The molecule has 0 spiro atoms. The van der Waals surface area contributed by atoms with Crippen LogP contribution < -0.4 is 5.32 Å². The van der Waals surface area contributed by atoms with Crippen LogP contribution in [0.1, 0.15) is 18.5 Å². The molecule has 4 rings (SSSR count). The first kappa shape index (κ1) is 17.1. The highest BCUT2D eigenvalue weighted by atomic mass is 32.1. The van der Waals surface area contributed by atoms with E-state index in [1.165, 1.54) is 16.1 Å². The van der Waals surface area contributed by atoms with Crippen LogP contribution in [0, 0.1) is 0 Å². The minimum Gasteiger partial charge on any atom is -0.348 e. The smallest absolute Gasteiger partial charge is 0.244 e. The third-order valence-corrected chi connectivity index (χ3v) is 4.92. The van der Waals surface area contributed by atoms with Crippen LogP contribution in [0.3, 0.4) is 0 Å². The monoisotopic (exact) mass is 379 g/mol. The Hall–Kier alpha value is -3.33. The number of benzene rings is 1. The lowest BCUT2D eigenvalue weighted by atomic mass is 10.1. The molecule has 0 saturated carbocycles. The molecule has 0 aliphatic heterocycles. The first-order valence-electron chi connectivity index (χ1n) is 8.38. The zero-order valence-corrected chi connectivity index (χ0v) is 15.4. The van der Waals surface area contributed by atoms with Crippen LogP contribution in [-0.4, -0.2) is 35.7 Å². The molecule has 1 aromatic carbocycles. The maximum atomic E-state index is 12.3. The van der Waals surface area contributed by atoms with E-state index < -0.39 is 0 Å². The molecule has 27 heavy (non-hydrogen) atoms. The molecule has 1 unspecified atom stereocenters. The molecular formula is C18H17N7OS. The normalized spacial score (nSPS) is 12.0. The van der Waals surface area contributed by atoms with Crippen LogP contribution in [0.25, 0.3) is 16.4 Å². The van der Waals surface area contributed by atoms with Gasteiger partial charge in [0.2, 0.25) is 11.7 Å². The van der Waals surface area contributed by atoms with Gasteiger partial charge in [0, 0.05) is 18.1 Å². The second-order valence-electron chi connectivity index (χ2n) is 5.97. The summed E-state index contributed by atoms with van der Waals surface area (Å²) in [5.41, 5.74) is 2.03. The second kappa shape index (κ2) is 7.50. The van der Waals surface area contributed by atoms with Crippen molar-refractivity contribution >= 4 is 17.2 Å². The maximum Gasteiger partial charge on any atom is 0.244 e. The van der Waals surface area contributed by atoms with E-state index in [0.29, 0.717) is 5.82 Å². The topological polar surface area (TPSA) is 90.5 Å². The van der Waals surface area contributed by atoms with Crippen molar-refractivity contribution in [1.29, 1.82) is 0 Å². The van der Waals surface area contributed by atoms with E-state index in [4.69, 9.17) is 0 Å². The number of carbonyl (C=O) groups excluding carboxylic acids is 1. The van der Waals surface area contributed by atoms with Crippen LogP contribution >= 0.6 is 11.3 Å². The minimum atomic E-state index is -0.170. The SMILES string of the molecule is CC(NC(=O)Cn1nnc(-c2cccs2)n1)c1ccc(-n2ccnc2)cc1. The second-order valence-corrected chi connectivity index (χ2v) is 6.92. The Morgan fingerprint density at radius 1 is 1.26 bits per heavy atom. The van der Waals surface area contributed by atoms with Crippen molar-refractivity contribution < 1.29 is 4.79 Å². The molecule has 4 aromatic rings. The molecule has 0 radical (unpaired) electrons. The maximum absolute atomic E-state index is 12.3. The zero-order valence-electron chi connectivity index (χ0n) is 14.6. The predicted molar refractivity (Wildman–Crippen MR) is 101 cm³/mol. The fraction of sp³-hybridized carbons (Fsp3) is 0.167. The zero-order chi connectivity index (χ0) is 18.6. The van der Waals surface area contributed by atoms with Gasteiger partial charge in [-0.3, -0.25) is 4.79 Å². The Bertz CT molecular complexity index is 1010. The van der Waals surface area contributed by atoms with E-state index in [0.717, 1.165) is 16.1 Å². The fourth-order valence-corrected chi connectivity index (χ4v) is 3.31. The van der Waals surface area contributed by atoms with Gasteiger partial charge in [0.15, 0.2) is 0 Å². The Kier molecular flexibility index (Phi) is 4.75.